The second kappa shape index (κ2) is 9.41. The number of carbonyl (C=O) groups excluding carboxylic acids is 1. The molecule has 0 radical (unpaired) electrons. The number of anilines is 1. The average Bonchev–Trinajstić information content (AvgIpc) is 3.31. The monoisotopic (exact) mass is 479 g/mol. The van der Waals surface area contributed by atoms with Gasteiger partial charge in [-0.15, -0.1) is 0 Å². The third-order valence-electron chi connectivity index (χ3n) is 6.49. The van der Waals surface area contributed by atoms with Gasteiger partial charge in [0.1, 0.15) is 0 Å². The van der Waals surface area contributed by atoms with E-state index in [2.05, 4.69) is 16.8 Å². The Morgan fingerprint density at radius 1 is 1.12 bits per heavy atom. The van der Waals surface area contributed by atoms with E-state index in [1.165, 1.54) is 16.2 Å². The van der Waals surface area contributed by atoms with E-state index in [1.54, 1.807) is 10.8 Å². The molecule has 0 bridgehead atoms. The lowest BCUT2D eigenvalue weighted by Gasteiger charge is -2.39. The highest BCUT2D eigenvalue weighted by Gasteiger charge is 2.35. The van der Waals surface area contributed by atoms with Crippen LogP contribution in [0, 0.1) is 12.8 Å². The predicted molar refractivity (Wildman–Crippen MR) is 124 cm³/mol. The average molecular weight is 480 g/mol. The number of aryl methyl sites for hydroxylation is 2. The van der Waals surface area contributed by atoms with Crippen LogP contribution in [0.2, 0.25) is 5.02 Å². The molecule has 8 nitrogen and oxygen atoms in total. The highest BCUT2D eigenvalue weighted by molar-refractivity contribution is 7.89. The first-order chi connectivity index (χ1) is 15.3. The van der Waals surface area contributed by atoms with Crippen molar-refractivity contribution in [2.75, 3.05) is 44.2 Å². The largest absolute Gasteiger partial charge is 0.368 e. The molecule has 174 valence electrons. The predicted octanol–water partition coefficient (Wildman–Crippen LogP) is 2.61. The number of hydrogen-bond donors (Lipinski definition) is 0. The van der Waals surface area contributed by atoms with Gasteiger partial charge in [0.15, 0.2) is 5.03 Å². The quantitative estimate of drug-likeness (QED) is 0.658. The zero-order valence-corrected chi connectivity index (χ0v) is 20.1. The second-order valence-electron chi connectivity index (χ2n) is 8.46. The van der Waals surface area contributed by atoms with Crippen molar-refractivity contribution >= 4 is 33.2 Å². The summed E-state index contributed by atoms with van der Waals surface area (Å²) in [6, 6.07) is 5.89. The van der Waals surface area contributed by atoms with Gasteiger partial charge in [0, 0.05) is 68.6 Å². The minimum absolute atomic E-state index is 0.0801. The van der Waals surface area contributed by atoms with Crippen LogP contribution >= 0.6 is 11.6 Å². The van der Waals surface area contributed by atoms with Crippen molar-refractivity contribution in [3.05, 3.63) is 41.3 Å². The Morgan fingerprint density at radius 3 is 2.44 bits per heavy atom. The molecule has 0 spiro atoms. The number of nitrogens with zero attached hydrogens (tertiary/aromatic N) is 5. The van der Waals surface area contributed by atoms with Crippen molar-refractivity contribution in [2.24, 2.45) is 5.92 Å². The third-order valence-corrected chi connectivity index (χ3v) is 8.50. The second-order valence-corrected chi connectivity index (χ2v) is 10.8. The maximum absolute atomic E-state index is 13.1. The number of aromatic nitrogens is 2. The van der Waals surface area contributed by atoms with E-state index in [4.69, 9.17) is 11.6 Å². The van der Waals surface area contributed by atoms with Gasteiger partial charge >= 0.3 is 0 Å². The van der Waals surface area contributed by atoms with Gasteiger partial charge in [-0.25, -0.2) is 13.4 Å². The maximum atomic E-state index is 13.1. The van der Waals surface area contributed by atoms with Crippen molar-refractivity contribution in [2.45, 2.75) is 38.3 Å². The number of piperidine rings is 1. The van der Waals surface area contributed by atoms with Crippen molar-refractivity contribution in [1.29, 1.82) is 0 Å². The smallest absolute Gasteiger partial charge is 0.262 e. The lowest BCUT2D eigenvalue weighted by molar-refractivity contribution is -0.137. The molecule has 10 heteroatoms. The van der Waals surface area contributed by atoms with Crippen LogP contribution in [0.4, 0.5) is 5.69 Å². The van der Waals surface area contributed by atoms with Gasteiger partial charge in [0.25, 0.3) is 10.0 Å². The highest BCUT2D eigenvalue weighted by atomic mass is 35.5. The molecule has 2 aliphatic heterocycles. The lowest BCUT2D eigenvalue weighted by Crippen LogP contribution is -2.52. The molecule has 0 saturated carbocycles. The maximum Gasteiger partial charge on any atom is 0.262 e. The summed E-state index contributed by atoms with van der Waals surface area (Å²) in [5.74, 6) is 0.00822. The molecule has 0 unspecified atom stereocenters. The molecular formula is C22H30ClN5O3S. The van der Waals surface area contributed by atoms with Crippen LogP contribution < -0.4 is 4.90 Å². The van der Waals surface area contributed by atoms with Crippen LogP contribution in [-0.4, -0.2) is 72.3 Å². The summed E-state index contributed by atoms with van der Waals surface area (Å²) in [6.07, 6.45) is 4.18. The molecule has 0 aliphatic carbocycles. The summed E-state index contributed by atoms with van der Waals surface area (Å²) in [5, 5.41) is 0.795. The van der Waals surface area contributed by atoms with E-state index >= 15 is 0 Å². The molecule has 3 heterocycles. The normalized spacial score (nSPS) is 18.8. The standard InChI is InChI=1S/C22H30ClN5O3S/c1-3-25-15-21(24-16-25)32(30,31)28-8-6-18(7-9-28)22(29)27-12-10-26(11-13-27)20-14-19(23)5-4-17(20)2/h4-5,14-16,18H,3,6-13H2,1-2H3. The Morgan fingerprint density at radius 2 is 1.81 bits per heavy atom. The van der Waals surface area contributed by atoms with Crippen LogP contribution in [0.25, 0.3) is 0 Å². The van der Waals surface area contributed by atoms with Gasteiger partial charge in [-0.3, -0.25) is 4.79 Å². The Kier molecular flexibility index (Phi) is 6.78. The van der Waals surface area contributed by atoms with E-state index in [-0.39, 0.29) is 16.9 Å². The van der Waals surface area contributed by atoms with Crippen molar-refractivity contribution < 1.29 is 13.2 Å². The fraction of sp³-hybridized carbons (Fsp3) is 0.545. The Hall–Kier alpha value is -2.10. The van der Waals surface area contributed by atoms with Gasteiger partial charge in [-0.1, -0.05) is 17.7 Å². The number of hydrogen-bond acceptors (Lipinski definition) is 5. The number of carbonyl (C=O) groups is 1. The Labute approximate surface area is 194 Å². The zero-order valence-electron chi connectivity index (χ0n) is 18.6. The number of sulfonamides is 1. The topological polar surface area (TPSA) is 78.8 Å². The first-order valence-corrected chi connectivity index (χ1v) is 12.9. The van der Waals surface area contributed by atoms with Crippen LogP contribution in [0.1, 0.15) is 25.3 Å². The molecule has 0 N–H and O–H groups in total. The first kappa shape index (κ1) is 23.1. The van der Waals surface area contributed by atoms with Gasteiger partial charge in [0.05, 0.1) is 6.33 Å². The van der Waals surface area contributed by atoms with Crippen LogP contribution in [0.3, 0.4) is 0 Å². The summed E-state index contributed by atoms with van der Waals surface area (Å²) in [4.78, 5) is 21.3. The molecule has 2 aromatic rings. The number of benzene rings is 1. The van der Waals surface area contributed by atoms with Gasteiger partial charge < -0.3 is 14.4 Å². The molecule has 0 atom stereocenters. The Bertz CT molecular complexity index is 1070. The number of piperazine rings is 1. The molecule has 2 aliphatic rings. The molecular weight excluding hydrogens is 450 g/mol. The number of amides is 1. The van der Waals surface area contributed by atoms with E-state index in [9.17, 15) is 13.2 Å². The Balaban J connectivity index is 1.32. The van der Waals surface area contributed by atoms with E-state index < -0.39 is 10.0 Å². The van der Waals surface area contributed by atoms with Crippen LogP contribution in [-0.2, 0) is 21.4 Å². The molecule has 2 fully saturated rings. The van der Waals surface area contributed by atoms with Gasteiger partial charge in [-0.05, 0) is 44.4 Å². The minimum Gasteiger partial charge on any atom is -0.368 e. The molecule has 4 rings (SSSR count). The summed E-state index contributed by atoms with van der Waals surface area (Å²) in [7, 11) is -3.61. The van der Waals surface area contributed by atoms with Crippen LogP contribution in [0.15, 0.2) is 35.7 Å². The van der Waals surface area contributed by atoms with Crippen molar-refractivity contribution in [1.82, 2.24) is 18.8 Å². The summed E-state index contributed by atoms with van der Waals surface area (Å²) in [5.41, 5.74) is 2.29. The summed E-state index contributed by atoms with van der Waals surface area (Å²) in [6.45, 7) is 8.22. The SMILES string of the molecule is CCn1cnc(S(=O)(=O)N2CCC(C(=O)N3CCN(c4cc(Cl)ccc4C)CC3)CC2)c1. The molecule has 2 saturated heterocycles. The molecule has 1 amide bonds. The minimum atomic E-state index is -3.61. The van der Waals surface area contributed by atoms with Crippen molar-refractivity contribution in [3.8, 4) is 0 Å². The summed E-state index contributed by atoms with van der Waals surface area (Å²) >= 11 is 6.17. The fourth-order valence-electron chi connectivity index (χ4n) is 4.47. The third kappa shape index (κ3) is 4.65. The van der Waals surface area contributed by atoms with Crippen molar-refractivity contribution in [3.63, 3.8) is 0 Å². The number of halogens is 1. The van der Waals surface area contributed by atoms with Crippen LogP contribution in [0.5, 0.6) is 0 Å². The number of rotatable bonds is 5. The zero-order chi connectivity index (χ0) is 22.9. The number of imidazole rings is 1. The van der Waals surface area contributed by atoms with E-state index in [0.717, 1.165) is 18.8 Å². The molecule has 1 aromatic carbocycles. The van der Waals surface area contributed by atoms with E-state index in [0.29, 0.717) is 50.6 Å². The van der Waals surface area contributed by atoms with Gasteiger partial charge in [-0.2, -0.15) is 4.31 Å². The lowest BCUT2D eigenvalue weighted by atomic mass is 9.96. The first-order valence-electron chi connectivity index (χ1n) is 11.1. The molecule has 32 heavy (non-hydrogen) atoms. The highest BCUT2D eigenvalue weighted by Crippen LogP contribution is 2.28. The summed E-state index contributed by atoms with van der Waals surface area (Å²) < 4.78 is 28.9. The van der Waals surface area contributed by atoms with E-state index in [1.807, 2.05) is 30.0 Å². The molecule has 1 aromatic heterocycles. The van der Waals surface area contributed by atoms with Gasteiger partial charge in [0.2, 0.25) is 5.91 Å². The fourth-order valence-corrected chi connectivity index (χ4v) is 6.04.